The number of hydrogen-bond donors (Lipinski definition) is 2. The number of fused-ring (bicyclic) bond motifs is 1. The molecule has 0 radical (unpaired) electrons. The van der Waals surface area contributed by atoms with Gasteiger partial charge in [0.05, 0.1) is 17.3 Å². The predicted octanol–water partition coefficient (Wildman–Crippen LogP) is 5.95. The van der Waals surface area contributed by atoms with Crippen molar-refractivity contribution < 1.29 is 22.3 Å². The number of rotatable bonds is 7. The Hall–Kier alpha value is -3.65. The number of halogens is 4. The fraction of sp³-hybridized carbons (Fsp3) is 0.160. The maximum atomic E-state index is 14.2. The second kappa shape index (κ2) is 9.46. The van der Waals surface area contributed by atoms with Gasteiger partial charge in [-0.1, -0.05) is 48.5 Å². The van der Waals surface area contributed by atoms with E-state index in [4.69, 9.17) is 10.5 Å². The summed E-state index contributed by atoms with van der Waals surface area (Å²) in [6.45, 7) is 0.661. The normalized spacial score (nSPS) is 12.6. The zero-order valence-corrected chi connectivity index (χ0v) is 17.5. The molecule has 4 rings (SSSR count). The Morgan fingerprint density at radius 3 is 2.27 bits per heavy atom. The lowest BCUT2D eigenvalue weighted by atomic mass is 9.87. The molecule has 0 atom stereocenters. The van der Waals surface area contributed by atoms with Crippen LogP contribution in [0.1, 0.15) is 23.1 Å². The Kier molecular flexibility index (Phi) is 6.46. The first-order chi connectivity index (χ1) is 15.9. The standard InChI is InChI=1S/C25H21F4N3O/c26-24-20-14-18(8-11-22(20)31-32-24)23(17-6-9-19(10-7-17)33-13-12-30)21(15-25(27,28)29)16-4-2-1-3-5-16/h1-11,14H,12-13,15,30H2,(H,31,32)/b23-21+. The highest BCUT2D eigenvalue weighted by atomic mass is 19.4. The largest absolute Gasteiger partial charge is 0.492 e. The van der Waals surface area contributed by atoms with E-state index in [1.54, 1.807) is 66.7 Å². The Bertz CT molecular complexity index is 1260. The minimum absolute atomic E-state index is 0.0852. The van der Waals surface area contributed by atoms with Crippen LogP contribution in [-0.2, 0) is 0 Å². The molecule has 0 saturated heterocycles. The van der Waals surface area contributed by atoms with Crippen molar-refractivity contribution in [2.45, 2.75) is 12.6 Å². The molecule has 0 unspecified atom stereocenters. The van der Waals surface area contributed by atoms with Gasteiger partial charge in [0, 0.05) is 6.54 Å². The number of nitrogens with two attached hydrogens (primary N) is 1. The van der Waals surface area contributed by atoms with Crippen LogP contribution in [0.3, 0.4) is 0 Å². The van der Waals surface area contributed by atoms with Crippen molar-refractivity contribution >= 4 is 22.0 Å². The number of ether oxygens (including phenoxy) is 1. The summed E-state index contributed by atoms with van der Waals surface area (Å²) in [6, 6.07) is 19.9. The molecular weight excluding hydrogens is 434 g/mol. The van der Waals surface area contributed by atoms with E-state index in [9.17, 15) is 17.6 Å². The van der Waals surface area contributed by atoms with E-state index in [0.29, 0.717) is 46.7 Å². The molecule has 0 amide bonds. The molecule has 0 aliphatic rings. The maximum Gasteiger partial charge on any atom is 0.393 e. The quantitative estimate of drug-likeness (QED) is 0.267. The molecule has 0 aliphatic heterocycles. The molecule has 1 aromatic heterocycles. The third-order valence-electron chi connectivity index (χ3n) is 5.13. The summed E-state index contributed by atoms with van der Waals surface area (Å²) in [6.07, 6.45) is -5.60. The summed E-state index contributed by atoms with van der Waals surface area (Å²) in [7, 11) is 0. The Morgan fingerprint density at radius 2 is 1.61 bits per heavy atom. The van der Waals surface area contributed by atoms with Crippen LogP contribution in [0.4, 0.5) is 17.6 Å². The molecule has 4 nitrogen and oxygen atoms in total. The lowest BCUT2D eigenvalue weighted by Crippen LogP contribution is -2.11. The molecule has 1 heterocycles. The first-order valence-corrected chi connectivity index (χ1v) is 10.3. The van der Waals surface area contributed by atoms with Gasteiger partial charge in [0.2, 0.25) is 5.95 Å². The van der Waals surface area contributed by atoms with Crippen molar-refractivity contribution in [1.29, 1.82) is 0 Å². The fourth-order valence-corrected chi connectivity index (χ4v) is 3.72. The van der Waals surface area contributed by atoms with E-state index >= 15 is 0 Å². The number of hydrogen-bond acceptors (Lipinski definition) is 3. The summed E-state index contributed by atoms with van der Waals surface area (Å²) in [5, 5.41) is 6.34. The zero-order chi connectivity index (χ0) is 23.4. The second-order valence-electron chi connectivity index (χ2n) is 7.44. The topological polar surface area (TPSA) is 63.9 Å². The van der Waals surface area contributed by atoms with Crippen molar-refractivity contribution in [1.82, 2.24) is 10.2 Å². The van der Waals surface area contributed by atoms with Crippen LogP contribution in [0.5, 0.6) is 5.75 Å². The number of aromatic nitrogens is 2. The molecular formula is C25H21F4N3O. The van der Waals surface area contributed by atoms with Crippen molar-refractivity contribution in [2.75, 3.05) is 13.2 Å². The summed E-state index contributed by atoms with van der Waals surface area (Å²) in [4.78, 5) is 0. The molecule has 0 bridgehead atoms. The van der Waals surface area contributed by atoms with Gasteiger partial charge in [-0.3, -0.25) is 5.10 Å². The van der Waals surface area contributed by atoms with Gasteiger partial charge in [0.25, 0.3) is 0 Å². The van der Waals surface area contributed by atoms with Crippen molar-refractivity contribution in [3.05, 3.63) is 95.4 Å². The third kappa shape index (κ3) is 5.23. The smallest absolute Gasteiger partial charge is 0.393 e. The van der Waals surface area contributed by atoms with Gasteiger partial charge in [0.15, 0.2) is 0 Å². The number of allylic oxidation sites excluding steroid dienone is 1. The highest BCUT2D eigenvalue weighted by Gasteiger charge is 2.31. The van der Waals surface area contributed by atoms with E-state index in [1.807, 2.05) is 0 Å². The molecule has 0 aliphatic carbocycles. The Balaban J connectivity index is 1.96. The third-order valence-corrected chi connectivity index (χ3v) is 5.13. The molecule has 3 aromatic carbocycles. The van der Waals surface area contributed by atoms with Gasteiger partial charge in [-0.15, -0.1) is 0 Å². The maximum absolute atomic E-state index is 14.2. The van der Waals surface area contributed by atoms with Crippen molar-refractivity contribution in [2.24, 2.45) is 5.73 Å². The van der Waals surface area contributed by atoms with Gasteiger partial charge in [0.1, 0.15) is 12.4 Å². The predicted molar refractivity (Wildman–Crippen MR) is 120 cm³/mol. The number of aromatic amines is 1. The molecule has 4 aromatic rings. The molecule has 3 N–H and O–H groups in total. The van der Waals surface area contributed by atoms with Gasteiger partial charge in [-0.05, 0) is 52.1 Å². The van der Waals surface area contributed by atoms with Gasteiger partial charge in [-0.2, -0.15) is 22.7 Å². The van der Waals surface area contributed by atoms with E-state index in [1.165, 1.54) is 6.07 Å². The monoisotopic (exact) mass is 455 g/mol. The summed E-state index contributed by atoms with van der Waals surface area (Å²) in [5.41, 5.74) is 7.71. The number of H-pyrrole nitrogens is 1. The summed E-state index contributed by atoms with van der Waals surface area (Å²) in [5.74, 6) is -0.0919. The van der Waals surface area contributed by atoms with Crippen LogP contribution < -0.4 is 10.5 Å². The van der Waals surface area contributed by atoms with Crippen molar-refractivity contribution in [3.63, 3.8) is 0 Å². The average molecular weight is 455 g/mol. The lowest BCUT2D eigenvalue weighted by Gasteiger charge is -2.19. The summed E-state index contributed by atoms with van der Waals surface area (Å²) >= 11 is 0. The second-order valence-corrected chi connectivity index (χ2v) is 7.44. The van der Waals surface area contributed by atoms with E-state index in [2.05, 4.69) is 10.2 Å². The highest BCUT2D eigenvalue weighted by Crippen LogP contribution is 2.40. The molecule has 0 fully saturated rings. The number of benzene rings is 3. The van der Waals surface area contributed by atoms with Crippen LogP contribution in [0, 0.1) is 5.95 Å². The van der Waals surface area contributed by atoms with E-state index in [-0.39, 0.29) is 11.0 Å². The molecule has 8 heteroatoms. The number of nitrogens with one attached hydrogen (secondary N) is 1. The molecule has 170 valence electrons. The lowest BCUT2D eigenvalue weighted by molar-refractivity contribution is -0.122. The van der Waals surface area contributed by atoms with E-state index < -0.39 is 18.5 Å². The molecule has 33 heavy (non-hydrogen) atoms. The van der Waals surface area contributed by atoms with Gasteiger partial charge < -0.3 is 10.5 Å². The number of alkyl halides is 3. The minimum atomic E-state index is -4.45. The highest BCUT2D eigenvalue weighted by molar-refractivity contribution is 6.00. The van der Waals surface area contributed by atoms with Gasteiger partial charge >= 0.3 is 6.18 Å². The SMILES string of the molecule is NCCOc1ccc(/C(=C(/CC(F)(F)F)c2ccccc2)c2ccc3n[nH]c(F)c3c2)cc1. The number of nitrogens with zero attached hydrogens (tertiary/aromatic N) is 1. The molecule has 0 saturated carbocycles. The fourth-order valence-electron chi connectivity index (χ4n) is 3.72. The first-order valence-electron chi connectivity index (χ1n) is 10.3. The first kappa shape index (κ1) is 22.5. The van der Waals surface area contributed by atoms with Crippen LogP contribution in [0.2, 0.25) is 0 Å². The van der Waals surface area contributed by atoms with Gasteiger partial charge in [-0.25, -0.2) is 0 Å². The molecule has 0 spiro atoms. The van der Waals surface area contributed by atoms with Crippen LogP contribution in [0.15, 0.2) is 72.8 Å². The Morgan fingerprint density at radius 1 is 0.909 bits per heavy atom. The van der Waals surface area contributed by atoms with E-state index in [0.717, 1.165) is 0 Å². The van der Waals surface area contributed by atoms with Crippen LogP contribution >= 0.6 is 0 Å². The minimum Gasteiger partial charge on any atom is -0.492 e. The average Bonchev–Trinajstić information content (AvgIpc) is 3.18. The van der Waals surface area contributed by atoms with Crippen molar-refractivity contribution in [3.8, 4) is 5.75 Å². The zero-order valence-electron chi connectivity index (χ0n) is 17.5. The van der Waals surface area contributed by atoms with Crippen LogP contribution in [0.25, 0.3) is 22.0 Å². The Labute approximate surface area is 187 Å². The summed E-state index contributed by atoms with van der Waals surface area (Å²) < 4.78 is 60.9. The van der Waals surface area contributed by atoms with Crippen LogP contribution in [-0.4, -0.2) is 29.5 Å².